The number of phosphoric acid groups is 3. The molecule has 2 aromatic heterocycles. The molecule has 2 aromatic rings. The summed E-state index contributed by atoms with van der Waals surface area (Å²) in [5, 5.41) is 26.5. The average molecular weight is 1050 g/mol. The van der Waals surface area contributed by atoms with Gasteiger partial charge in [-0.15, -0.1) is 0 Å². The van der Waals surface area contributed by atoms with Crippen LogP contribution in [0.15, 0.2) is 73.4 Å². The molecule has 0 aliphatic carbocycles. The van der Waals surface area contributed by atoms with E-state index >= 15 is 0 Å². The molecule has 0 saturated carbocycles. The van der Waals surface area contributed by atoms with E-state index in [4.69, 9.17) is 19.5 Å². The summed E-state index contributed by atoms with van der Waals surface area (Å²) in [6.45, 7) is 2.65. The van der Waals surface area contributed by atoms with Crippen LogP contribution < -0.4 is 16.4 Å². The molecule has 1 fully saturated rings. The fourth-order valence-corrected chi connectivity index (χ4v) is 9.58. The summed E-state index contributed by atoms with van der Waals surface area (Å²) in [6.07, 6.45) is 20.9. The number of amides is 2. The Morgan fingerprint density at radius 2 is 1.46 bits per heavy atom. The van der Waals surface area contributed by atoms with E-state index in [9.17, 15) is 57.9 Å². The number of allylic oxidation sites excluding steroid dienone is 10. The lowest BCUT2D eigenvalue weighted by Crippen LogP contribution is -2.46. The summed E-state index contributed by atoms with van der Waals surface area (Å²) in [7, 11) is -16.4. The van der Waals surface area contributed by atoms with E-state index < -0.39 is 84.6 Å². The number of aliphatic hydroxyl groups excluding tert-OH is 2. The van der Waals surface area contributed by atoms with Crippen LogP contribution in [-0.2, 0) is 50.7 Å². The van der Waals surface area contributed by atoms with Gasteiger partial charge in [-0.05, 0) is 38.5 Å². The van der Waals surface area contributed by atoms with Crippen molar-refractivity contribution in [2.45, 2.75) is 109 Å². The van der Waals surface area contributed by atoms with E-state index in [0.29, 0.717) is 18.6 Å². The van der Waals surface area contributed by atoms with E-state index in [1.54, 1.807) is 0 Å². The van der Waals surface area contributed by atoms with Gasteiger partial charge < -0.3 is 50.9 Å². The minimum atomic E-state index is -5.58. The van der Waals surface area contributed by atoms with Gasteiger partial charge >= 0.3 is 23.5 Å². The number of unbranched alkanes of at least 4 members (excludes halogenated alkanes) is 1. The number of imidazole rings is 1. The second kappa shape index (κ2) is 29.6. The molecule has 28 heteroatoms. The van der Waals surface area contributed by atoms with E-state index in [-0.39, 0.29) is 41.6 Å². The minimum Gasteiger partial charge on any atom is -0.386 e. The van der Waals surface area contributed by atoms with Crippen LogP contribution in [0.3, 0.4) is 0 Å². The summed E-state index contributed by atoms with van der Waals surface area (Å²) in [6, 6.07) is 0. The second-order valence-corrected chi connectivity index (χ2v) is 21.3. The van der Waals surface area contributed by atoms with Gasteiger partial charge in [0.15, 0.2) is 22.8 Å². The summed E-state index contributed by atoms with van der Waals surface area (Å²) in [5.74, 6) is -1.11. The van der Waals surface area contributed by atoms with E-state index in [0.717, 1.165) is 67.5 Å². The van der Waals surface area contributed by atoms with Crippen molar-refractivity contribution in [2.75, 3.05) is 37.8 Å². The lowest BCUT2D eigenvalue weighted by molar-refractivity contribution is -0.137. The molecule has 7 unspecified atom stereocenters. The first-order valence-corrected chi connectivity index (χ1v) is 27.4. The van der Waals surface area contributed by atoms with E-state index in [1.165, 1.54) is 13.8 Å². The first kappa shape index (κ1) is 59.6. The van der Waals surface area contributed by atoms with Gasteiger partial charge in [0.05, 0.1) is 19.5 Å². The lowest BCUT2D eigenvalue weighted by atomic mass is 9.87. The number of fused-ring (bicyclic) bond motifs is 1. The van der Waals surface area contributed by atoms with Crippen LogP contribution in [0.4, 0.5) is 5.82 Å². The highest BCUT2D eigenvalue weighted by Crippen LogP contribution is 2.61. The molecule has 0 bridgehead atoms. The molecule has 10 N–H and O–H groups in total. The number of rotatable bonds is 32. The highest BCUT2D eigenvalue weighted by molar-refractivity contribution is 8.13. The Labute approximate surface area is 404 Å². The number of phosphoric ester groups is 3. The smallest absolute Gasteiger partial charge is 0.386 e. The van der Waals surface area contributed by atoms with Crippen molar-refractivity contribution in [2.24, 2.45) is 5.41 Å². The quantitative estimate of drug-likeness (QED) is 0.0275. The van der Waals surface area contributed by atoms with Gasteiger partial charge in [0, 0.05) is 37.1 Å². The molecule has 69 heavy (non-hydrogen) atoms. The van der Waals surface area contributed by atoms with Crippen molar-refractivity contribution in [1.29, 1.82) is 0 Å². The number of aromatic nitrogens is 4. The fraction of sp³-hybridized carbons (Fsp3) is 0.561. The minimum absolute atomic E-state index is 0.0162. The van der Waals surface area contributed by atoms with Gasteiger partial charge in [-0.1, -0.05) is 99.7 Å². The summed E-state index contributed by atoms with van der Waals surface area (Å²) >= 11 is 1.10. The molecule has 386 valence electrons. The molecule has 1 saturated heterocycles. The first-order valence-electron chi connectivity index (χ1n) is 21.9. The second-order valence-electron chi connectivity index (χ2n) is 15.9. The normalized spacial score (nSPS) is 20.4. The highest BCUT2D eigenvalue weighted by Gasteiger charge is 2.50. The number of nitrogens with two attached hydrogens (primary N) is 1. The molecular weight excluding hydrogens is 987 g/mol. The molecular formula is C41H64N7O17P3S. The zero-order valence-corrected chi connectivity index (χ0v) is 42.0. The number of hydrogen-bond donors (Lipinski definition) is 9. The van der Waals surface area contributed by atoms with Crippen LogP contribution in [0.2, 0.25) is 0 Å². The molecule has 1 aliphatic rings. The zero-order chi connectivity index (χ0) is 51.1. The van der Waals surface area contributed by atoms with Gasteiger partial charge in [0.2, 0.25) is 11.8 Å². The number of nitrogens with one attached hydrogen (secondary N) is 2. The molecule has 0 radical (unpaired) electrons. The van der Waals surface area contributed by atoms with Crippen LogP contribution in [0.5, 0.6) is 0 Å². The zero-order valence-electron chi connectivity index (χ0n) is 38.5. The predicted octanol–water partition coefficient (Wildman–Crippen LogP) is 4.59. The van der Waals surface area contributed by atoms with Gasteiger partial charge in [0.1, 0.15) is 36.3 Å². The molecule has 1 aliphatic heterocycles. The molecule has 7 atom stereocenters. The molecule has 0 aromatic carbocycles. The summed E-state index contributed by atoms with van der Waals surface area (Å²) < 4.78 is 62.4. The van der Waals surface area contributed by atoms with Crippen molar-refractivity contribution < 1.29 is 80.5 Å². The van der Waals surface area contributed by atoms with Crippen LogP contribution in [-0.4, -0.2) is 123 Å². The molecule has 3 rings (SSSR count). The average Bonchev–Trinajstić information content (AvgIpc) is 3.84. The third kappa shape index (κ3) is 22.5. The molecule has 0 spiro atoms. The Bertz CT molecular complexity index is 2270. The van der Waals surface area contributed by atoms with Crippen molar-refractivity contribution in [1.82, 2.24) is 30.2 Å². The molecule has 24 nitrogen and oxygen atoms in total. The number of carbonyl (C=O) groups excluding carboxylic acids is 3. The fourth-order valence-electron chi connectivity index (χ4n) is 6.05. The molecule has 3 heterocycles. The number of hydrogen-bond acceptors (Lipinski definition) is 18. The monoisotopic (exact) mass is 1050 g/mol. The van der Waals surface area contributed by atoms with Crippen LogP contribution >= 0.6 is 35.2 Å². The van der Waals surface area contributed by atoms with Gasteiger partial charge in [0.25, 0.3) is 0 Å². The third-order valence-corrected chi connectivity index (χ3v) is 13.7. The molecule has 2 amide bonds. The van der Waals surface area contributed by atoms with Crippen molar-refractivity contribution in [3.63, 3.8) is 0 Å². The van der Waals surface area contributed by atoms with Crippen molar-refractivity contribution >= 4 is 69.1 Å². The van der Waals surface area contributed by atoms with Gasteiger partial charge in [-0.2, -0.15) is 4.31 Å². The number of thioether (sulfide) groups is 1. The Kier molecular flexibility index (Phi) is 25.5. The number of ether oxygens (including phenoxy) is 1. The highest BCUT2D eigenvalue weighted by atomic mass is 32.2. The Hall–Kier alpha value is -3.74. The van der Waals surface area contributed by atoms with Crippen LogP contribution in [0, 0.1) is 5.41 Å². The SMILES string of the molecule is CCC/C=C/C/C=C/C/C=C/C/C=C/C/C=C/CCC(=O)SCCNC(=O)CCNC(=O)C(O)C(C)(C)COP(=O)(O)OP(=O)(O)OCC1OC(n2cnc3c(N)ncnc32)C(O)C1OP(=O)(O)O. The topological polar surface area (TPSA) is 364 Å². The van der Waals surface area contributed by atoms with Crippen LogP contribution in [0.1, 0.15) is 84.8 Å². The lowest BCUT2D eigenvalue weighted by Gasteiger charge is -2.30. The summed E-state index contributed by atoms with van der Waals surface area (Å²) in [4.78, 5) is 88.3. The van der Waals surface area contributed by atoms with Gasteiger partial charge in [-0.25, -0.2) is 28.6 Å². The predicted molar refractivity (Wildman–Crippen MR) is 255 cm³/mol. The maximum Gasteiger partial charge on any atom is 0.481 e. The summed E-state index contributed by atoms with van der Waals surface area (Å²) in [5.41, 5.74) is 4.27. The maximum absolute atomic E-state index is 12.7. The Morgan fingerprint density at radius 3 is 2.07 bits per heavy atom. The van der Waals surface area contributed by atoms with Gasteiger partial charge in [-0.3, -0.25) is 32.5 Å². The number of anilines is 1. The van der Waals surface area contributed by atoms with E-state index in [1.807, 2.05) is 12.2 Å². The standard InChI is InChI=1S/C41H64N7O17P3S/c1-4-5-6-7-8-9-10-11-12-13-14-15-16-17-18-19-20-21-32(50)69-25-24-43-31(49)22-23-44-39(53)36(52)41(2,3)27-62-68(59,60)65-67(57,58)61-26-30-35(64-66(54,55)56)34(51)40(63-30)48-29-47-33-37(42)45-28-46-38(33)48/h6-7,9-10,12-13,15-16,18-19,28-30,34-36,40,51-52H,4-5,8,11,14,17,20-27H2,1-3H3,(H,43,49)(H,44,53)(H,57,58)(H,59,60)(H2,42,45,46)(H2,54,55,56)/b7-6+,10-9+,13-12+,16-15+,19-18+. The van der Waals surface area contributed by atoms with Crippen molar-refractivity contribution in [3.05, 3.63) is 73.4 Å². The van der Waals surface area contributed by atoms with E-state index in [2.05, 4.69) is 90.0 Å². The largest absolute Gasteiger partial charge is 0.481 e. The Morgan fingerprint density at radius 1 is 0.870 bits per heavy atom. The van der Waals surface area contributed by atoms with Crippen LogP contribution in [0.25, 0.3) is 11.2 Å². The number of carbonyl (C=O) groups is 3. The first-order chi connectivity index (χ1) is 32.6. The Balaban J connectivity index is 1.31. The number of aliphatic hydroxyl groups is 2. The number of nitrogens with zero attached hydrogens (tertiary/aromatic N) is 4. The number of nitrogen functional groups attached to an aromatic ring is 1. The third-order valence-electron chi connectivity index (χ3n) is 9.66. The van der Waals surface area contributed by atoms with Crippen molar-refractivity contribution in [3.8, 4) is 0 Å². The maximum atomic E-state index is 12.7.